The van der Waals surface area contributed by atoms with Crippen LogP contribution in [0.2, 0.25) is 0 Å². The van der Waals surface area contributed by atoms with Crippen LogP contribution in [-0.4, -0.2) is 9.78 Å². The quantitative estimate of drug-likeness (QED) is 0.459. The van der Waals surface area contributed by atoms with Gasteiger partial charge in [0.1, 0.15) is 11.6 Å². The molecule has 0 atom stereocenters. The Morgan fingerprint density at radius 3 is 1.81 bits per heavy atom. The number of benzene rings is 3. The molecule has 26 heavy (non-hydrogen) atoms. The third-order valence-corrected chi connectivity index (χ3v) is 4.36. The molecule has 0 bridgehead atoms. The SMILES string of the molecule is Cc1c(-c2ccc(F)cc2)nn(-c2ccccc2)c1-c1ccc(F)cc1. The van der Waals surface area contributed by atoms with E-state index in [0.29, 0.717) is 0 Å². The third-order valence-electron chi connectivity index (χ3n) is 4.36. The molecule has 0 aliphatic rings. The Kier molecular flexibility index (Phi) is 4.09. The molecule has 0 aliphatic carbocycles. The standard InChI is InChI=1S/C22H16F2N2/c1-15-21(16-7-11-18(23)12-8-16)25-26(20-5-3-2-4-6-20)22(15)17-9-13-19(24)14-10-17/h2-14H,1H3. The lowest BCUT2D eigenvalue weighted by Gasteiger charge is -2.08. The van der Waals surface area contributed by atoms with E-state index < -0.39 is 0 Å². The molecule has 0 saturated carbocycles. The summed E-state index contributed by atoms with van der Waals surface area (Å²) in [5.74, 6) is -0.566. The first-order valence-electron chi connectivity index (χ1n) is 8.30. The summed E-state index contributed by atoms with van der Waals surface area (Å²) in [4.78, 5) is 0. The molecular weight excluding hydrogens is 330 g/mol. The van der Waals surface area contributed by atoms with Gasteiger partial charge in [-0.2, -0.15) is 5.10 Å². The average molecular weight is 346 g/mol. The topological polar surface area (TPSA) is 17.8 Å². The Hall–Kier alpha value is -3.27. The first-order chi connectivity index (χ1) is 12.6. The fraction of sp³-hybridized carbons (Fsp3) is 0.0455. The molecule has 0 N–H and O–H groups in total. The van der Waals surface area contributed by atoms with Crippen LogP contribution in [0.15, 0.2) is 78.9 Å². The van der Waals surface area contributed by atoms with Crippen molar-refractivity contribution in [3.8, 4) is 28.2 Å². The van der Waals surface area contributed by atoms with Gasteiger partial charge in [-0.1, -0.05) is 18.2 Å². The summed E-state index contributed by atoms with van der Waals surface area (Å²) in [6.45, 7) is 1.98. The molecule has 3 aromatic carbocycles. The van der Waals surface area contributed by atoms with E-state index in [9.17, 15) is 8.78 Å². The zero-order chi connectivity index (χ0) is 18.1. The summed E-state index contributed by atoms with van der Waals surface area (Å²) in [6.07, 6.45) is 0. The minimum atomic E-state index is -0.285. The molecule has 4 aromatic rings. The number of para-hydroxylation sites is 1. The molecule has 2 nitrogen and oxygen atoms in total. The molecule has 4 rings (SSSR count). The van der Waals surface area contributed by atoms with Gasteiger partial charge < -0.3 is 0 Å². The van der Waals surface area contributed by atoms with Gasteiger partial charge in [-0.25, -0.2) is 13.5 Å². The zero-order valence-electron chi connectivity index (χ0n) is 14.2. The van der Waals surface area contributed by atoms with E-state index in [1.54, 1.807) is 24.3 Å². The summed E-state index contributed by atoms with van der Waals surface area (Å²) in [7, 11) is 0. The van der Waals surface area contributed by atoms with E-state index in [1.165, 1.54) is 24.3 Å². The zero-order valence-corrected chi connectivity index (χ0v) is 14.2. The lowest BCUT2D eigenvalue weighted by atomic mass is 10.0. The molecule has 128 valence electrons. The highest BCUT2D eigenvalue weighted by atomic mass is 19.1. The molecule has 0 radical (unpaired) electrons. The van der Waals surface area contributed by atoms with Gasteiger partial charge in [-0.05, 0) is 67.6 Å². The van der Waals surface area contributed by atoms with Crippen LogP contribution in [0.4, 0.5) is 8.78 Å². The van der Waals surface area contributed by atoms with E-state index in [4.69, 9.17) is 5.10 Å². The van der Waals surface area contributed by atoms with Crippen molar-refractivity contribution in [2.24, 2.45) is 0 Å². The van der Waals surface area contributed by atoms with Crippen LogP contribution in [0.1, 0.15) is 5.56 Å². The van der Waals surface area contributed by atoms with Crippen molar-refractivity contribution in [1.29, 1.82) is 0 Å². The minimum Gasteiger partial charge on any atom is -0.232 e. The predicted molar refractivity (Wildman–Crippen MR) is 99.1 cm³/mol. The molecule has 0 unspecified atom stereocenters. The van der Waals surface area contributed by atoms with Gasteiger partial charge in [0, 0.05) is 16.7 Å². The number of nitrogens with zero attached hydrogens (tertiary/aromatic N) is 2. The van der Waals surface area contributed by atoms with E-state index in [2.05, 4.69) is 0 Å². The fourth-order valence-electron chi connectivity index (χ4n) is 3.08. The molecule has 1 aromatic heterocycles. The predicted octanol–water partition coefficient (Wildman–Crippen LogP) is 5.79. The second kappa shape index (κ2) is 6.56. The average Bonchev–Trinajstić information content (AvgIpc) is 3.01. The molecule has 0 fully saturated rings. The van der Waals surface area contributed by atoms with Gasteiger partial charge in [0.2, 0.25) is 0 Å². The van der Waals surface area contributed by atoms with Crippen molar-refractivity contribution in [2.75, 3.05) is 0 Å². The van der Waals surface area contributed by atoms with Crippen LogP contribution in [0.3, 0.4) is 0 Å². The molecule has 1 heterocycles. The number of halogens is 2. The fourth-order valence-corrected chi connectivity index (χ4v) is 3.08. The number of rotatable bonds is 3. The van der Waals surface area contributed by atoms with Crippen molar-refractivity contribution in [3.05, 3.63) is 96.1 Å². The molecule has 0 saturated heterocycles. The molecule has 0 aliphatic heterocycles. The van der Waals surface area contributed by atoms with E-state index in [-0.39, 0.29) is 11.6 Å². The lowest BCUT2D eigenvalue weighted by Crippen LogP contribution is -1.99. The summed E-state index contributed by atoms with van der Waals surface area (Å²) in [5, 5.41) is 4.78. The summed E-state index contributed by atoms with van der Waals surface area (Å²) >= 11 is 0. The summed E-state index contributed by atoms with van der Waals surface area (Å²) < 4.78 is 28.5. The second-order valence-electron chi connectivity index (χ2n) is 6.08. The van der Waals surface area contributed by atoms with Gasteiger partial charge >= 0.3 is 0 Å². The van der Waals surface area contributed by atoms with E-state index >= 15 is 0 Å². The van der Waals surface area contributed by atoms with Crippen LogP contribution >= 0.6 is 0 Å². The van der Waals surface area contributed by atoms with Gasteiger partial charge in [0.25, 0.3) is 0 Å². The number of aromatic nitrogens is 2. The van der Waals surface area contributed by atoms with Crippen molar-refractivity contribution in [1.82, 2.24) is 9.78 Å². The van der Waals surface area contributed by atoms with Crippen LogP contribution in [-0.2, 0) is 0 Å². The highest BCUT2D eigenvalue weighted by Crippen LogP contribution is 2.33. The van der Waals surface area contributed by atoms with E-state index in [1.807, 2.05) is 41.9 Å². The Morgan fingerprint density at radius 2 is 1.23 bits per heavy atom. The molecule has 4 heteroatoms. The maximum atomic E-state index is 13.4. The summed E-state index contributed by atoms with van der Waals surface area (Å²) in [5.41, 5.74) is 5.22. The molecule has 0 spiro atoms. The van der Waals surface area contributed by atoms with Crippen LogP contribution < -0.4 is 0 Å². The normalized spacial score (nSPS) is 10.9. The Bertz CT molecular complexity index is 1030. The minimum absolute atomic E-state index is 0.282. The van der Waals surface area contributed by atoms with Crippen molar-refractivity contribution in [2.45, 2.75) is 6.92 Å². The lowest BCUT2D eigenvalue weighted by molar-refractivity contribution is 0.627. The Labute approximate surface area is 150 Å². The monoisotopic (exact) mass is 346 g/mol. The number of hydrogen-bond donors (Lipinski definition) is 0. The van der Waals surface area contributed by atoms with Crippen LogP contribution in [0.5, 0.6) is 0 Å². The van der Waals surface area contributed by atoms with Gasteiger partial charge in [0.05, 0.1) is 17.1 Å². The van der Waals surface area contributed by atoms with Crippen molar-refractivity contribution < 1.29 is 8.78 Å². The first kappa shape index (κ1) is 16.2. The largest absolute Gasteiger partial charge is 0.232 e. The third kappa shape index (κ3) is 2.90. The van der Waals surface area contributed by atoms with Crippen molar-refractivity contribution in [3.63, 3.8) is 0 Å². The Balaban J connectivity index is 1.96. The van der Waals surface area contributed by atoms with Gasteiger partial charge in [-0.3, -0.25) is 0 Å². The second-order valence-corrected chi connectivity index (χ2v) is 6.08. The summed E-state index contributed by atoms with van der Waals surface area (Å²) in [6, 6.07) is 22.4. The maximum Gasteiger partial charge on any atom is 0.123 e. The first-order valence-corrected chi connectivity index (χ1v) is 8.30. The molecule has 0 amide bonds. The maximum absolute atomic E-state index is 13.4. The van der Waals surface area contributed by atoms with Crippen LogP contribution in [0, 0.1) is 18.6 Å². The highest BCUT2D eigenvalue weighted by Gasteiger charge is 2.18. The van der Waals surface area contributed by atoms with Gasteiger partial charge in [0.15, 0.2) is 0 Å². The Morgan fingerprint density at radius 1 is 0.692 bits per heavy atom. The van der Waals surface area contributed by atoms with Gasteiger partial charge in [-0.15, -0.1) is 0 Å². The molecular formula is C22H16F2N2. The number of hydrogen-bond acceptors (Lipinski definition) is 1. The van der Waals surface area contributed by atoms with E-state index in [0.717, 1.165) is 33.8 Å². The smallest absolute Gasteiger partial charge is 0.123 e. The van der Waals surface area contributed by atoms with Crippen molar-refractivity contribution >= 4 is 0 Å². The van der Waals surface area contributed by atoms with Crippen LogP contribution in [0.25, 0.3) is 28.2 Å². The highest BCUT2D eigenvalue weighted by molar-refractivity contribution is 5.75.